The van der Waals surface area contributed by atoms with E-state index in [1.807, 2.05) is 0 Å². The summed E-state index contributed by atoms with van der Waals surface area (Å²) in [6, 6.07) is -0.683. The number of allylic oxidation sites excluding steroid dienone is 1. The van der Waals surface area contributed by atoms with Gasteiger partial charge in [-0.1, -0.05) is 11.1 Å². The van der Waals surface area contributed by atoms with Gasteiger partial charge in [-0.3, -0.25) is 0 Å². The number of alkyl carbamates (subject to hydrolysis) is 1. The Bertz CT molecular complexity index is 407. The van der Waals surface area contributed by atoms with Gasteiger partial charge in [0.15, 0.2) is 0 Å². The quantitative estimate of drug-likeness (QED) is 0.636. The van der Waals surface area contributed by atoms with Crippen LogP contribution in [0.5, 0.6) is 0 Å². The van der Waals surface area contributed by atoms with E-state index in [1.54, 1.807) is 20.8 Å². The number of esters is 1. The van der Waals surface area contributed by atoms with Crippen molar-refractivity contribution in [2.75, 3.05) is 7.11 Å². The minimum absolute atomic E-state index is 0.442. The van der Waals surface area contributed by atoms with Crippen molar-refractivity contribution in [2.45, 2.75) is 65.0 Å². The van der Waals surface area contributed by atoms with Crippen molar-refractivity contribution in [1.82, 2.24) is 5.32 Å². The molecule has 0 saturated heterocycles. The largest absolute Gasteiger partial charge is 0.467 e. The SMILES string of the molecule is COC(=O)C(CC1=C(C)CCC1)NC(=O)OC(C)(C)C. The molecular formula is C15H25NO4. The first-order valence-corrected chi connectivity index (χ1v) is 6.98. The Morgan fingerprint density at radius 1 is 1.30 bits per heavy atom. The predicted octanol–water partition coefficient (Wildman–Crippen LogP) is 2.94. The van der Waals surface area contributed by atoms with Gasteiger partial charge in [0.2, 0.25) is 0 Å². The van der Waals surface area contributed by atoms with Crippen molar-refractivity contribution in [1.29, 1.82) is 0 Å². The molecule has 20 heavy (non-hydrogen) atoms. The zero-order valence-electron chi connectivity index (χ0n) is 13.0. The van der Waals surface area contributed by atoms with Gasteiger partial charge in [-0.2, -0.15) is 0 Å². The molecular weight excluding hydrogens is 258 g/mol. The maximum absolute atomic E-state index is 11.8. The van der Waals surface area contributed by atoms with Crippen molar-refractivity contribution >= 4 is 12.1 Å². The van der Waals surface area contributed by atoms with E-state index in [9.17, 15) is 9.59 Å². The van der Waals surface area contributed by atoms with Gasteiger partial charge in [-0.05, 0) is 53.4 Å². The summed E-state index contributed by atoms with van der Waals surface area (Å²) in [7, 11) is 1.32. The fourth-order valence-electron chi connectivity index (χ4n) is 2.27. The number of hydrogen-bond acceptors (Lipinski definition) is 4. The van der Waals surface area contributed by atoms with Crippen LogP contribution in [-0.4, -0.2) is 30.8 Å². The predicted molar refractivity (Wildman–Crippen MR) is 76.3 cm³/mol. The summed E-state index contributed by atoms with van der Waals surface area (Å²) in [5, 5.41) is 2.60. The van der Waals surface area contributed by atoms with Crippen LogP contribution in [-0.2, 0) is 14.3 Å². The van der Waals surface area contributed by atoms with Gasteiger partial charge in [-0.25, -0.2) is 9.59 Å². The molecule has 114 valence electrons. The van der Waals surface area contributed by atoms with Crippen molar-refractivity contribution in [3.63, 3.8) is 0 Å². The molecule has 0 heterocycles. The summed E-state index contributed by atoms with van der Waals surface area (Å²) >= 11 is 0. The van der Waals surface area contributed by atoms with E-state index in [0.29, 0.717) is 6.42 Å². The fraction of sp³-hybridized carbons (Fsp3) is 0.733. The molecule has 0 fully saturated rings. The molecule has 0 aromatic rings. The van der Waals surface area contributed by atoms with Crippen molar-refractivity contribution < 1.29 is 19.1 Å². The molecule has 0 spiro atoms. The Morgan fingerprint density at radius 2 is 1.95 bits per heavy atom. The van der Waals surface area contributed by atoms with Crippen molar-refractivity contribution in [3.05, 3.63) is 11.1 Å². The summed E-state index contributed by atoms with van der Waals surface area (Å²) in [5.74, 6) is -0.442. The summed E-state index contributed by atoms with van der Waals surface area (Å²) in [6.45, 7) is 7.42. The van der Waals surface area contributed by atoms with Crippen LogP contribution in [0.2, 0.25) is 0 Å². The number of rotatable bonds is 4. The molecule has 5 heteroatoms. The lowest BCUT2D eigenvalue weighted by Crippen LogP contribution is -2.44. The number of carbonyl (C=O) groups excluding carboxylic acids is 2. The van der Waals surface area contributed by atoms with Gasteiger partial charge in [-0.15, -0.1) is 0 Å². The molecule has 1 atom stereocenters. The lowest BCUT2D eigenvalue weighted by atomic mass is 10.0. The average molecular weight is 283 g/mol. The van der Waals surface area contributed by atoms with E-state index in [4.69, 9.17) is 9.47 Å². The Labute approximate surface area is 120 Å². The summed E-state index contributed by atoms with van der Waals surface area (Å²) in [5.41, 5.74) is 1.95. The number of methoxy groups -OCH3 is 1. The van der Waals surface area contributed by atoms with Gasteiger partial charge in [0.1, 0.15) is 11.6 Å². The number of ether oxygens (including phenoxy) is 2. The maximum Gasteiger partial charge on any atom is 0.408 e. The second kappa shape index (κ2) is 6.77. The highest BCUT2D eigenvalue weighted by Gasteiger charge is 2.27. The minimum atomic E-state index is -0.683. The lowest BCUT2D eigenvalue weighted by molar-refractivity contribution is -0.143. The van der Waals surface area contributed by atoms with E-state index < -0.39 is 23.7 Å². The first-order chi connectivity index (χ1) is 9.23. The molecule has 1 aliphatic carbocycles. The molecule has 0 radical (unpaired) electrons. The molecule has 0 saturated carbocycles. The Kier molecular flexibility index (Phi) is 5.60. The third kappa shape index (κ3) is 5.23. The zero-order chi connectivity index (χ0) is 15.3. The molecule has 1 aliphatic rings. The summed E-state index contributed by atoms with van der Waals surface area (Å²) in [4.78, 5) is 23.6. The summed E-state index contributed by atoms with van der Waals surface area (Å²) in [6.07, 6.45) is 3.06. The number of hydrogen-bond donors (Lipinski definition) is 1. The number of carbonyl (C=O) groups is 2. The van der Waals surface area contributed by atoms with E-state index in [2.05, 4.69) is 12.2 Å². The van der Waals surface area contributed by atoms with Crippen molar-refractivity contribution in [2.24, 2.45) is 0 Å². The maximum atomic E-state index is 11.8. The first-order valence-electron chi connectivity index (χ1n) is 6.98. The molecule has 1 unspecified atom stereocenters. The van der Waals surface area contributed by atoms with Crippen LogP contribution in [0.15, 0.2) is 11.1 Å². The second-order valence-electron chi connectivity index (χ2n) is 6.16. The molecule has 1 amide bonds. The molecule has 5 nitrogen and oxygen atoms in total. The smallest absolute Gasteiger partial charge is 0.408 e. The highest BCUT2D eigenvalue weighted by Crippen LogP contribution is 2.29. The van der Waals surface area contributed by atoms with E-state index in [-0.39, 0.29) is 0 Å². The molecule has 1 rings (SSSR count). The molecule has 0 aromatic carbocycles. The van der Waals surface area contributed by atoms with Gasteiger partial charge in [0.05, 0.1) is 7.11 Å². The summed E-state index contributed by atoms with van der Waals surface area (Å²) < 4.78 is 9.94. The monoisotopic (exact) mass is 283 g/mol. The molecule has 1 N–H and O–H groups in total. The Hall–Kier alpha value is -1.52. The highest BCUT2D eigenvalue weighted by atomic mass is 16.6. The minimum Gasteiger partial charge on any atom is -0.467 e. The molecule has 0 aromatic heterocycles. The lowest BCUT2D eigenvalue weighted by Gasteiger charge is -2.23. The molecule has 0 aliphatic heterocycles. The van der Waals surface area contributed by atoms with Crippen LogP contribution in [0.4, 0.5) is 4.79 Å². The van der Waals surface area contributed by atoms with Crippen LogP contribution in [0, 0.1) is 0 Å². The number of nitrogens with one attached hydrogen (secondary N) is 1. The van der Waals surface area contributed by atoms with Crippen LogP contribution in [0.3, 0.4) is 0 Å². The van der Waals surface area contributed by atoms with E-state index in [0.717, 1.165) is 19.3 Å². The zero-order valence-corrected chi connectivity index (χ0v) is 13.0. The van der Waals surface area contributed by atoms with E-state index in [1.165, 1.54) is 18.3 Å². The van der Waals surface area contributed by atoms with Crippen LogP contribution in [0.1, 0.15) is 53.4 Å². The standard InChI is InChI=1S/C15H25NO4/c1-10-7-6-8-11(10)9-12(13(17)19-5)16-14(18)20-15(2,3)4/h12H,6-9H2,1-5H3,(H,16,18). The molecule has 0 bridgehead atoms. The van der Waals surface area contributed by atoms with Gasteiger partial charge < -0.3 is 14.8 Å². The van der Waals surface area contributed by atoms with E-state index >= 15 is 0 Å². The van der Waals surface area contributed by atoms with Gasteiger partial charge >= 0.3 is 12.1 Å². The fourth-order valence-corrected chi connectivity index (χ4v) is 2.27. The van der Waals surface area contributed by atoms with Crippen LogP contribution in [0.25, 0.3) is 0 Å². The normalized spacial score (nSPS) is 16.9. The average Bonchev–Trinajstić information content (AvgIpc) is 2.70. The van der Waals surface area contributed by atoms with Crippen molar-refractivity contribution in [3.8, 4) is 0 Å². The van der Waals surface area contributed by atoms with Crippen LogP contribution >= 0.6 is 0 Å². The number of amides is 1. The Morgan fingerprint density at radius 3 is 2.40 bits per heavy atom. The third-order valence-corrected chi connectivity index (χ3v) is 3.26. The topological polar surface area (TPSA) is 64.6 Å². The van der Waals surface area contributed by atoms with Gasteiger partial charge in [0, 0.05) is 0 Å². The highest BCUT2D eigenvalue weighted by molar-refractivity contribution is 5.81. The Balaban J connectivity index is 2.68. The first kappa shape index (κ1) is 16.5. The van der Waals surface area contributed by atoms with Crippen LogP contribution < -0.4 is 5.32 Å². The second-order valence-corrected chi connectivity index (χ2v) is 6.16. The third-order valence-electron chi connectivity index (χ3n) is 3.26. The van der Waals surface area contributed by atoms with Gasteiger partial charge in [0.25, 0.3) is 0 Å².